The van der Waals surface area contributed by atoms with Gasteiger partial charge in [0.25, 0.3) is 5.91 Å². The second-order valence-corrected chi connectivity index (χ2v) is 6.37. The first-order valence-electron chi connectivity index (χ1n) is 8.51. The molecule has 9 heteroatoms. The molecule has 4 rings (SSSR count). The quantitative estimate of drug-likeness (QED) is 0.718. The number of fused-ring (bicyclic) bond motifs is 1. The fourth-order valence-electron chi connectivity index (χ4n) is 3.16. The molecular formula is C18H20N6O3. The van der Waals surface area contributed by atoms with Gasteiger partial charge in [-0.1, -0.05) is 0 Å². The van der Waals surface area contributed by atoms with Gasteiger partial charge in [0.2, 0.25) is 0 Å². The number of aromatic nitrogens is 4. The average Bonchev–Trinajstić information content (AvgIpc) is 3.09. The third kappa shape index (κ3) is 3.12. The molecule has 27 heavy (non-hydrogen) atoms. The highest BCUT2D eigenvalue weighted by molar-refractivity contribution is 5.94. The highest BCUT2D eigenvalue weighted by Gasteiger charge is 2.31. The van der Waals surface area contributed by atoms with Crippen LogP contribution >= 0.6 is 0 Å². The van der Waals surface area contributed by atoms with Gasteiger partial charge in [0.05, 0.1) is 25.8 Å². The van der Waals surface area contributed by atoms with E-state index in [2.05, 4.69) is 25.3 Å². The molecule has 1 aromatic carbocycles. The lowest BCUT2D eigenvalue weighted by molar-refractivity contribution is 0.0924. The summed E-state index contributed by atoms with van der Waals surface area (Å²) in [5.74, 6) is 1.89. The molecule has 1 aliphatic rings. The van der Waals surface area contributed by atoms with Crippen LogP contribution in [0.15, 0.2) is 30.7 Å². The Morgan fingerprint density at radius 2 is 1.93 bits per heavy atom. The maximum absolute atomic E-state index is 12.2. The van der Waals surface area contributed by atoms with Crippen molar-refractivity contribution in [1.29, 1.82) is 0 Å². The lowest BCUT2D eigenvalue weighted by Crippen LogP contribution is -2.59. The predicted molar refractivity (Wildman–Crippen MR) is 99.3 cm³/mol. The van der Waals surface area contributed by atoms with Gasteiger partial charge in [-0.05, 0) is 12.1 Å². The van der Waals surface area contributed by atoms with E-state index in [4.69, 9.17) is 9.47 Å². The Morgan fingerprint density at radius 1 is 1.19 bits per heavy atom. The monoisotopic (exact) mass is 368 g/mol. The first kappa shape index (κ1) is 17.1. The number of nitrogens with one attached hydrogen (secondary N) is 1. The highest BCUT2D eigenvalue weighted by atomic mass is 16.5. The topological polar surface area (TPSA) is 94.4 Å². The Morgan fingerprint density at radius 3 is 2.59 bits per heavy atom. The second-order valence-electron chi connectivity index (χ2n) is 6.37. The van der Waals surface area contributed by atoms with Crippen molar-refractivity contribution in [2.75, 3.05) is 32.2 Å². The van der Waals surface area contributed by atoms with Gasteiger partial charge in [-0.15, -0.1) is 0 Å². The second kappa shape index (κ2) is 6.75. The van der Waals surface area contributed by atoms with Crippen LogP contribution in [0.3, 0.4) is 0 Å². The molecule has 3 aromatic rings. The van der Waals surface area contributed by atoms with Crippen LogP contribution < -0.4 is 19.7 Å². The number of anilines is 1. The fourth-order valence-corrected chi connectivity index (χ4v) is 3.16. The van der Waals surface area contributed by atoms with E-state index in [0.717, 1.165) is 16.7 Å². The third-order valence-corrected chi connectivity index (χ3v) is 4.58. The molecule has 1 N–H and O–H groups in total. The number of rotatable bonds is 5. The van der Waals surface area contributed by atoms with E-state index in [9.17, 15) is 4.79 Å². The molecule has 0 saturated carbocycles. The Labute approximate surface area is 155 Å². The molecule has 1 amide bonds. The number of ether oxygens (including phenoxy) is 2. The van der Waals surface area contributed by atoms with Gasteiger partial charge in [-0.3, -0.25) is 9.48 Å². The van der Waals surface area contributed by atoms with Crippen molar-refractivity contribution in [2.45, 2.75) is 6.04 Å². The van der Waals surface area contributed by atoms with Gasteiger partial charge >= 0.3 is 0 Å². The van der Waals surface area contributed by atoms with E-state index < -0.39 is 0 Å². The third-order valence-electron chi connectivity index (χ3n) is 4.58. The van der Waals surface area contributed by atoms with Crippen molar-refractivity contribution >= 4 is 22.6 Å². The summed E-state index contributed by atoms with van der Waals surface area (Å²) in [6.45, 7) is 1.33. The summed E-state index contributed by atoms with van der Waals surface area (Å²) in [6, 6.07) is 5.45. The molecule has 1 aliphatic heterocycles. The van der Waals surface area contributed by atoms with E-state index in [-0.39, 0.29) is 11.9 Å². The van der Waals surface area contributed by atoms with Gasteiger partial charge in [-0.25, -0.2) is 9.97 Å². The lowest BCUT2D eigenvalue weighted by Gasteiger charge is -2.40. The van der Waals surface area contributed by atoms with Crippen LogP contribution in [0.4, 0.5) is 5.82 Å². The van der Waals surface area contributed by atoms with Crippen molar-refractivity contribution in [2.24, 2.45) is 7.05 Å². The van der Waals surface area contributed by atoms with Crippen molar-refractivity contribution in [1.82, 2.24) is 25.1 Å². The van der Waals surface area contributed by atoms with Gasteiger partial charge in [0.15, 0.2) is 11.5 Å². The van der Waals surface area contributed by atoms with Crippen LogP contribution in [0.1, 0.15) is 10.5 Å². The molecule has 1 fully saturated rings. The lowest BCUT2D eigenvalue weighted by atomic mass is 10.1. The van der Waals surface area contributed by atoms with Crippen molar-refractivity contribution in [3.63, 3.8) is 0 Å². The molecule has 0 atom stereocenters. The van der Waals surface area contributed by atoms with Gasteiger partial charge < -0.3 is 19.7 Å². The molecule has 0 bridgehead atoms. The number of nitrogens with zero attached hydrogens (tertiary/aromatic N) is 5. The standard InChI is InChI=1S/C18H20N6O3/c1-23-5-4-13(22-23)18(25)21-11-8-24(9-11)17-12-6-15(26-2)16(27-3)7-14(12)19-10-20-17/h4-7,10-11H,8-9H2,1-3H3,(H,21,25). The zero-order valence-corrected chi connectivity index (χ0v) is 15.3. The summed E-state index contributed by atoms with van der Waals surface area (Å²) in [6.07, 6.45) is 3.28. The summed E-state index contributed by atoms with van der Waals surface area (Å²) in [4.78, 5) is 23.1. The molecular weight excluding hydrogens is 348 g/mol. The number of aryl methyl sites for hydroxylation is 1. The predicted octanol–water partition coefficient (Wildman–Crippen LogP) is 0.999. The number of methoxy groups -OCH3 is 2. The Balaban J connectivity index is 1.50. The van der Waals surface area contributed by atoms with E-state index in [1.165, 1.54) is 6.33 Å². The van der Waals surface area contributed by atoms with E-state index in [0.29, 0.717) is 30.3 Å². The van der Waals surface area contributed by atoms with Crippen LogP contribution in [0.2, 0.25) is 0 Å². The number of amides is 1. The van der Waals surface area contributed by atoms with Gasteiger partial charge in [0.1, 0.15) is 17.8 Å². The summed E-state index contributed by atoms with van der Waals surface area (Å²) < 4.78 is 12.3. The molecule has 0 aliphatic carbocycles. The zero-order valence-electron chi connectivity index (χ0n) is 15.3. The number of carbonyl (C=O) groups excluding carboxylic acids is 1. The van der Waals surface area contributed by atoms with E-state index >= 15 is 0 Å². The van der Waals surface area contributed by atoms with Crippen LogP contribution in [-0.2, 0) is 7.05 Å². The Hall–Kier alpha value is -3.36. The largest absolute Gasteiger partial charge is 0.493 e. The smallest absolute Gasteiger partial charge is 0.272 e. The molecule has 9 nitrogen and oxygen atoms in total. The van der Waals surface area contributed by atoms with Crippen LogP contribution in [-0.4, -0.2) is 59.0 Å². The summed E-state index contributed by atoms with van der Waals surface area (Å²) in [5, 5.41) is 7.99. The number of benzene rings is 1. The number of hydrogen-bond acceptors (Lipinski definition) is 7. The SMILES string of the molecule is COc1cc2ncnc(N3CC(NC(=O)c4ccn(C)n4)C3)c2cc1OC. The Bertz CT molecular complexity index is 996. The summed E-state index contributed by atoms with van der Waals surface area (Å²) in [7, 11) is 4.97. The average molecular weight is 368 g/mol. The van der Waals surface area contributed by atoms with Crippen LogP contribution in [0.5, 0.6) is 11.5 Å². The van der Waals surface area contributed by atoms with Gasteiger partial charge in [-0.2, -0.15) is 5.10 Å². The molecule has 1 saturated heterocycles. The molecule has 2 aromatic heterocycles. The Kier molecular flexibility index (Phi) is 4.27. The maximum atomic E-state index is 12.2. The normalized spacial score (nSPS) is 14.1. The minimum atomic E-state index is -0.167. The molecule has 0 unspecified atom stereocenters. The number of hydrogen-bond donors (Lipinski definition) is 1. The van der Waals surface area contributed by atoms with Crippen LogP contribution in [0, 0.1) is 0 Å². The fraction of sp³-hybridized carbons (Fsp3) is 0.333. The van der Waals surface area contributed by atoms with Crippen molar-refractivity contribution in [3.8, 4) is 11.5 Å². The molecule has 0 radical (unpaired) electrons. The van der Waals surface area contributed by atoms with Crippen molar-refractivity contribution in [3.05, 3.63) is 36.4 Å². The minimum Gasteiger partial charge on any atom is -0.493 e. The minimum absolute atomic E-state index is 0.0460. The molecule has 140 valence electrons. The highest BCUT2D eigenvalue weighted by Crippen LogP contribution is 2.35. The van der Waals surface area contributed by atoms with E-state index in [1.807, 2.05) is 12.1 Å². The van der Waals surface area contributed by atoms with Crippen LogP contribution in [0.25, 0.3) is 10.9 Å². The molecule has 0 spiro atoms. The van der Waals surface area contributed by atoms with Crippen molar-refractivity contribution < 1.29 is 14.3 Å². The summed E-state index contributed by atoms with van der Waals surface area (Å²) in [5.41, 5.74) is 1.19. The first-order valence-corrected chi connectivity index (χ1v) is 8.51. The van der Waals surface area contributed by atoms with Gasteiger partial charge in [0, 0.05) is 37.8 Å². The number of carbonyl (C=O) groups is 1. The first-order chi connectivity index (χ1) is 13.1. The maximum Gasteiger partial charge on any atom is 0.272 e. The zero-order chi connectivity index (χ0) is 19.0. The van der Waals surface area contributed by atoms with E-state index in [1.54, 1.807) is 38.2 Å². The summed E-state index contributed by atoms with van der Waals surface area (Å²) >= 11 is 0. The molecule has 3 heterocycles.